The van der Waals surface area contributed by atoms with Crippen LogP contribution in [0.2, 0.25) is 0 Å². The molecule has 5 nitrogen and oxygen atoms in total. The summed E-state index contributed by atoms with van der Waals surface area (Å²) in [5.41, 5.74) is 3.11. The highest BCUT2D eigenvalue weighted by Gasteiger charge is 2.11. The molecule has 0 saturated heterocycles. The van der Waals surface area contributed by atoms with Gasteiger partial charge in [0.1, 0.15) is 0 Å². The van der Waals surface area contributed by atoms with Gasteiger partial charge in [-0.3, -0.25) is 9.30 Å². The molecule has 2 aromatic heterocycles. The number of pyridine rings is 1. The first-order valence-electron chi connectivity index (χ1n) is 9.14. The molecule has 0 bridgehead atoms. The highest BCUT2D eigenvalue weighted by atomic mass is 16.2. The molecule has 0 fully saturated rings. The molecule has 2 aromatic carbocycles. The highest BCUT2D eigenvalue weighted by molar-refractivity contribution is 5.35. The van der Waals surface area contributed by atoms with Crippen molar-refractivity contribution in [3.8, 4) is 0 Å². The molecule has 0 spiro atoms. The Bertz CT molecular complexity index is 1010. The molecule has 0 saturated carbocycles. The van der Waals surface area contributed by atoms with Crippen LogP contribution < -0.4 is 5.69 Å². The summed E-state index contributed by atoms with van der Waals surface area (Å²) >= 11 is 0. The maximum atomic E-state index is 12.5. The SMILES string of the molecule is O=c1n(CCN(Cc2ccccc2)Cc2ccccc2)nc2ccccn12. The molecule has 0 radical (unpaired) electrons. The van der Waals surface area contributed by atoms with Crippen LogP contribution in [0.15, 0.2) is 89.9 Å². The summed E-state index contributed by atoms with van der Waals surface area (Å²) in [7, 11) is 0. The summed E-state index contributed by atoms with van der Waals surface area (Å²) in [5, 5.41) is 4.44. The Balaban J connectivity index is 1.52. The maximum absolute atomic E-state index is 12.5. The van der Waals surface area contributed by atoms with Crippen LogP contribution in [-0.4, -0.2) is 25.6 Å². The zero-order valence-electron chi connectivity index (χ0n) is 15.1. The van der Waals surface area contributed by atoms with E-state index < -0.39 is 0 Å². The van der Waals surface area contributed by atoms with Crippen LogP contribution in [-0.2, 0) is 19.6 Å². The molecule has 0 N–H and O–H groups in total. The highest BCUT2D eigenvalue weighted by Crippen LogP contribution is 2.10. The number of fused-ring (bicyclic) bond motifs is 1. The van der Waals surface area contributed by atoms with Gasteiger partial charge in [-0.25, -0.2) is 9.48 Å². The Morgan fingerprint density at radius 2 is 1.37 bits per heavy atom. The molecule has 2 heterocycles. The van der Waals surface area contributed by atoms with Crippen LogP contribution in [0.25, 0.3) is 5.65 Å². The standard InChI is InChI=1S/C22H22N4O/c27-22-25-14-8-7-13-21(25)23-26(22)16-15-24(17-19-9-3-1-4-10-19)18-20-11-5-2-6-12-20/h1-14H,15-18H2. The summed E-state index contributed by atoms with van der Waals surface area (Å²) < 4.78 is 3.14. The van der Waals surface area contributed by atoms with Gasteiger partial charge in [0.15, 0.2) is 5.65 Å². The quantitative estimate of drug-likeness (QED) is 0.509. The van der Waals surface area contributed by atoms with Gasteiger partial charge in [0.25, 0.3) is 0 Å². The van der Waals surface area contributed by atoms with E-state index in [0.717, 1.165) is 19.6 Å². The van der Waals surface area contributed by atoms with Crippen LogP contribution in [0.3, 0.4) is 0 Å². The number of benzene rings is 2. The second-order valence-electron chi connectivity index (χ2n) is 6.62. The molecular formula is C22H22N4O. The summed E-state index contributed by atoms with van der Waals surface area (Å²) in [6, 6.07) is 26.4. The minimum atomic E-state index is -0.0926. The maximum Gasteiger partial charge on any atom is 0.350 e. The number of aromatic nitrogens is 3. The molecule has 27 heavy (non-hydrogen) atoms. The van der Waals surface area contributed by atoms with Crippen molar-refractivity contribution in [2.45, 2.75) is 19.6 Å². The lowest BCUT2D eigenvalue weighted by atomic mass is 10.1. The second kappa shape index (κ2) is 8.01. The topological polar surface area (TPSA) is 42.5 Å². The van der Waals surface area contributed by atoms with Gasteiger partial charge in [-0.2, -0.15) is 0 Å². The zero-order chi connectivity index (χ0) is 18.5. The van der Waals surface area contributed by atoms with E-state index in [1.54, 1.807) is 15.3 Å². The van der Waals surface area contributed by atoms with Gasteiger partial charge in [-0.1, -0.05) is 66.7 Å². The van der Waals surface area contributed by atoms with Gasteiger partial charge in [-0.15, -0.1) is 5.10 Å². The van der Waals surface area contributed by atoms with Crippen LogP contribution in [0.1, 0.15) is 11.1 Å². The summed E-state index contributed by atoms with van der Waals surface area (Å²) in [6.45, 7) is 2.96. The zero-order valence-corrected chi connectivity index (χ0v) is 15.1. The lowest BCUT2D eigenvalue weighted by Crippen LogP contribution is -2.31. The van der Waals surface area contributed by atoms with E-state index in [-0.39, 0.29) is 5.69 Å². The van der Waals surface area contributed by atoms with E-state index in [1.165, 1.54) is 11.1 Å². The smallest absolute Gasteiger partial charge is 0.293 e. The van der Waals surface area contributed by atoms with E-state index in [2.05, 4.69) is 58.5 Å². The molecule has 0 amide bonds. The Morgan fingerprint density at radius 3 is 1.96 bits per heavy atom. The predicted molar refractivity (Wildman–Crippen MR) is 106 cm³/mol. The normalized spacial score (nSPS) is 11.3. The van der Waals surface area contributed by atoms with Crippen molar-refractivity contribution in [2.24, 2.45) is 0 Å². The Morgan fingerprint density at radius 1 is 0.778 bits per heavy atom. The number of hydrogen-bond acceptors (Lipinski definition) is 3. The Kier molecular flexibility index (Phi) is 5.12. The molecule has 0 aliphatic heterocycles. The molecule has 4 rings (SSSR count). The first kappa shape index (κ1) is 17.2. The van der Waals surface area contributed by atoms with Crippen molar-refractivity contribution < 1.29 is 0 Å². The molecule has 136 valence electrons. The van der Waals surface area contributed by atoms with Crippen LogP contribution in [0.5, 0.6) is 0 Å². The van der Waals surface area contributed by atoms with Gasteiger partial charge in [0, 0.05) is 25.8 Å². The van der Waals surface area contributed by atoms with Gasteiger partial charge in [-0.05, 0) is 23.3 Å². The average molecular weight is 358 g/mol. The molecule has 4 aromatic rings. The average Bonchev–Trinajstić information content (AvgIpc) is 3.04. The van der Waals surface area contributed by atoms with E-state index in [1.807, 2.05) is 30.3 Å². The summed E-state index contributed by atoms with van der Waals surface area (Å²) in [6.07, 6.45) is 1.76. The Hall–Kier alpha value is -3.18. The van der Waals surface area contributed by atoms with Crippen LogP contribution in [0, 0.1) is 0 Å². The second-order valence-corrected chi connectivity index (χ2v) is 6.62. The van der Waals surface area contributed by atoms with Crippen molar-refractivity contribution >= 4 is 5.65 Å². The monoisotopic (exact) mass is 358 g/mol. The molecule has 0 unspecified atom stereocenters. The van der Waals surface area contributed by atoms with Crippen LogP contribution in [0.4, 0.5) is 0 Å². The van der Waals surface area contributed by atoms with Crippen molar-refractivity contribution in [1.29, 1.82) is 0 Å². The van der Waals surface area contributed by atoms with Crippen molar-refractivity contribution in [3.63, 3.8) is 0 Å². The fourth-order valence-electron chi connectivity index (χ4n) is 3.25. The van der Waals surface area contributed by atoms with Crippen molar-refractivity contribution in [3.05, 3.63) is 107 Å². The third-order valence-corrected chi connectivity index (χ3v) is 4.61. The van der Waals surface area contributed by atoms with Gasteiger partial charge >= 0.3 is 5.69 Å². The third kappa shape index (κ3) is 4.15. The molecule has 0 atom stereocenters. The lowest BCUT2D eigenvalue weighted by Gasteiger charge is -2.22. The molecule has 5 heteroatoms. The van der Waals surface area contributed by atoms with Crippen molar-refractivity contribution in [2.75, 3.05) is 6.54 Å². The fraction of sp³-hybridized carbons (Fsp3) is 0.182. The third-order valence-electron chi connectivity index (χ3n) is 4.61. The van der Waals surface area contributed by atoms with Gasteiger partial charge in [0.05, 0.1) is 6.54 Å². The van der Waals surface area contributed by atoms with E-state index >= 15 is 0 Å². The summed E-state index contributed by atoms with van der Waals surface area (Å²) in [4.78, 5) is 14.9. The molecule has 0 aliphatic carbocycles. The largest absolute Gasteiger partial charge is 0.350 e. The number of hydrogen-bond donors (Lipinski definition) is 0. The first-order chi connectivity index (χ1) is 13.3. The first-order valence-corrected chi connectivity index (χ1v) is 9.14. The summed E-state index contributed by atoms with van der Waals surface area (Å²) in [5.74, 6) is 0. The predicted octanol–water partition coefficient (Wildman–Crippen LogP) is 3.20. The van der Waals surface area contributed by atoms with Crippen LogP contribution >= 0.6 is 0 Å². The number of rotatable bonds is 7. The molecular weight excluding hydrogens is 336 g/mol. The minimum absolute atomic E-state index is 0.0926. The molecule has 0 aliphatic rings. The van der Waals surface area contributed by atoms with Gasteiger partial charge in [0.2, 0.25) is 0 Å². The Labute approximate surface area is 158 Å². The van der Waals surface area contributed by atoms with Crippen molar-refractivity contribution in [1.82, 2.24) is 19.1 Å². The lowest BCUT2D eigenvalue weighted by molar-refractivity contribution is 0.241. The van der Waals surface area contributed by atoms with E-state index in [9.17, 15) is 4.79 Å². The van der Waals surface area contributed by atoms with E-state index in [0.29, 0.717) is 12.2 Å². The number of nitrogens with zero attached hydrogens (tertiary/aromatic N) is 4. The van der Waals surface area contributed by atoms with E-state index in [4.69, 9.17) is 0 Å². The van der Waals surface area contributed by atoms with Gasteiger partial charge < -0.3 is 0 Å². The fourth-order valence-corrected chi connectivity index (χ4v) is 3.25. The minimum Gasteiger partial charge on any atom is -0.293 e.